The summed E-state index contributed by atoms with van der Waals surface area (Å²) < 4.78 is 3.38. The monoisotopic (exact) mass is 298 g/mol. The molecule has 18 heavy (non-hydrogen) atoms. The summed E-state index contributed by atoms with van der Waals surface area (Å²) in [6.07, 6.45) is 0. The molecule has 88 valence electrons. The number of halogens is 1. The Labute approximate surface area is 115 Å². The van der Waals surface area contributed by atoms with Gasteiger partial charge in [-0.05, 0) is 12.1 Å². The molecule has 0 spiro atoms. The average Bonchev–Trinajstić information content (AvgIpc) is 2.43. The van der Waals surface area contributed by atoms with E-state index in [0.717, 1.165) is 11.1 Å². The fourth-order valence-electron chi connectivity index (χ4n) is 2.16. The molecule has 1 heterocycles. The second kappa shape index (κ2) is 4.91. The summed E-state index contributed by atoms with van der Waals surface area (Å²) in [7, 11) is 0. The predicted octanol–water partition coefficient (Wildman–Crippen LogP) is 3.94. The van der Waals surface area contributed by atoms with Crippen molar-refractivity contribution in [3.05, 3.63) is 76.9 Å². The van der Waals surface area contributed by atoms with Gasteiger partial charge in [0.1, 0.15) is 0 Å². The Morgan fingerprint density at radius 3 is 2.33 bits per heavy atom. The van der Waals surface area contributed by atoms with Crippen molar-refractivity contribution in [3.8, 4) is 0 Å². The SMILES string of the molecule is Brc1ccc2ccccc2[n+]1Cc1ccccc1. The molecule has 0 aliphatic rings. The van der Waals surface area contributed by atoms with Gasteiger partial charge in [0.05, 0.1) is 0 Å². The second-order valence-electron chi connectivity index (χ2n) is 4.29. The van der Waals surface area contributed by atoms with E-state index >= 15 is 0 Å². The van der Waals surface area contributed by atoms with Gasteiger partial charge in [-0.15, -0.1) is 0 Å². The van der Waals surface area contributed by atoms with Gasteiger partial charge in [-0.3, -0.25) is 0 Å². The first-order chi connectivity index (χ1) is 8.84. The molecule has 3 aromatic rings. The maximum absolute atomic E-state index is 3.64. The summed E-state index contributed by atoms with van der Waals surface area (Å²) in [5.41, 5.74) is 2.55. The summed E-state index contributed by atoms with van der Waals surface area (Å²) in [5, 5.41) is 1.26. The minimum Gasteiger partial charge on any atom is -0.181 e. The lowest BCUT2D eigenvalue weighted by atomic mass is 10.2. The van der Waals surface area contributed by atoms with E-state index in [1.807, 2.05) is 6.07 Å². The van der Waals surface area contributed by atoms with E-state index in [9.17, 15) is 0 Å². The molecule has 0 N–H and O–H groups in total. The molecular weight excluding hydrogens is 286 g/mol. The summed E-state index contributed by atoms with van der Waals surface area (Å²) in [6, 6.07) is 23.2. The molecule has 0 atom stereocenters. The fourth-order valence-corrected chi connectivity index (χ4v) is 2.61. The topological polar surface area (TPSA) is 3.88 Å². The molecule has 3 rings (SSSR count). The largest absolute Gasteiger partial charge is 0.248 e. The molecule has 1 aromatic heterocycles. The Balaban J connectivity index is 2.13. The standard InChI is InChI=1S/C16H13BrN/c17-16-11-10-14-8-4-5-9-15(14)18(16)12-13-6-2-1-3-7-13/h1-11H,12H2/q+1. The Morgan fingerprint density at radius 1 is 0.778 bits per heavy atom. The van der Waals surface area contributed by atoms with Crippen LogP contribution in [0.25, 0.3) is 10.9 Å². The molecule has 2 heteroatoms. The van der Waals surface area contributed by atoms with Crippen LogP contribution in [0.5, 0.6) is 0 Å². The van der Waals surface area contributed by atoms with Crippen molar-refractivity contribution in [1.29, 1.82) is 0 Å². The molecule has 0 radical (unpaired) electrons. The first-order valence-electron chi connectivity index (χ1n) is 5.95. The smallest absolute Gasteiger partial charge is 0.181 e. The van der Waals surface area contributed by atoms with Crippen LogP contribution < -0.4 is 4.57 Å². The van der Waals surface area contributed by atoms with Crippen LogP contribution in [-0.2, 0) is 6.54 Å². The van der Waals surface area contributed by atoms with Gasteiger partial charge in [0, 0.05) is 39.0 Å². The van der Waals surface area contributed by atoms with Gasteiger partial charge in [-0.1, -0.05) is 42.5 Å². The van der Waals surface area contributed by atoms with Gasteiger partial charge < -0.3 is 0 Å². The molecule has 0 fully saturated rings. The molecule has 0 saturated heterocycles. The van der Waals surface area contributed by atoms with Crippen molar-refractivity contribution in [2.45, 2.75) is 6.54 Å². The van der Waals surface area contributed by atoms with E-state index in [4.69, 9.17) is 0 Å². The van der Waals surface area contributed by atoms with Crippen molar-refractivity contribution in [1.82, 2.24) is 0 Å². The predicted molar refractivity (Wildman–Crippen MR) is 77.4 cm³/mol. The van der Waals surface area contributed by atoms with Crippen LogP contribution >= 0.6 is 15.9 Å². The third-order valence-corrected chi connectivity index (χ3v) is 3.76. The molecule has 0 aliphatic heterocycles. The third-order valence-electron chi connectivity index (χ3n) is 3.07. The van der Waals surface area contributed by atoms with Gasteiger partial charge in [0.2, 0.25) is 10.1 Å². The van der Waals surface area contributed by atoms with E-state index in [-0.39, 0.29) is 0 Å². The van der Waals surface area contributed by atoms with E-state index in [0.29, 0.717) is 0 Å². The Bertz CT molecular complexity index is 677. The number of rotatable bonds is 2. The highest BCUT2D eigenvalue weighted by atomic mass is 79.9. The first kappa shape index (κ1) is 11.4. The number of nitrogens with zero attached hydrogens (tertiary/aromatic N) is 1. The number of hydrogen-bond acceptors (Lipinski definition) is 0. The van der Waals surface area contributed by atoms with Crippen molar-refractivity contribution in [3.63, 3.8) is 0 Å². The van der Waals surface area contributed by atoms with Crippen molar-refractivity contribution in [2.24, 2.45) is 0 Å². The van der Waals surface area contributed by atoms with Crippen LogP contribution in [0, 0.1) is 0 Å². The molecular formula is C16H13BrN+. The van der Waals surface area contributed by atoms with Crippen molar-refractivity contribution < 1.29 is 4.57 Å². The van der Waals surface area contributed by atoms with Gasteiger partial charge in [-0.25, -0.2) is 0 Å². The normalized spacial score (nSPS) is 10.7. The van der Waals surface area contributed by atoms with E-state index in [1.165, 1.54) is 16.5 Å². The lowest BCUT2D eigenvalue weighted by Gasteiger charge is -2.03. The molecule has 1 nitrogen and oxygen atoms in total. The minimum atomic E-state index is 0.878. The molecule has 0 amide bonds. The molecule has 0 unspecified atom stereocenters. The van der Waals surface area contributed by atoms with Gasteiger partial charge in [0.25, 0.3) is 0 Å². The van der Waals surface area contributed by atoms with Gasteiger partial charge >= 0.3 is 0 Å². The second-order valence-corrected chi connectivity index (χ2v) is 5.10. The number of aromatic nitrogens is 1. The Morgan fingerprint density at radius 2 is 1.50 bits per heavy atom. The number of fused-ring (bicyclic) bond motifs is 1. The van der Waals surface area contributed by atoms with Crippen molar-refractivity contribution in [2.75, 3.05) is 0 Å². The highest BCUT2D eigenvalue weighted by Gasteiger charge is 2.13. The van der Waals surface area contributed by atoms with Crippen LogP contribution in [0.3, 0.4) is 0 Å². The number of hydrogen-bond donors (Lipinski definition) is 0. The maximum Gasteiger partial charge on any atom is 0.248 e. The lowest BCUT2D eigenvalue weighted by Crippen LogP contribution is -2.36. The average molecular weight is 299 g/mol. The maximum atomic E-state index is 3.64. The summed E-state index contributed by atoms with van der Waals surface area (Å²) in [4.78, 5) is 0. The zero-order valence-corrected chi connectivity index (χ0v) is 11.5. The minimum absolute atomic E-state index is 0.878. The first-order valence-corrected chi connectivity index (χ1v) is 6.75. The van der Waals surface area contributed by atoms with Crippen LogP contribution in [0.4, 0.5) is 0 Å². The van der Waals surface area contributed by atoms with Crippen LogP contribution in [-0.4, -0.2) is 0 Å². The molecule has 2 aromatic carbocycles. The van der Waals surface area contributed by atoms with E-state index in [2.05, 4.69) is 81.2 Å². The summed E-state index contributed by atoms with van der Waals surface area (Å²) >= 11 is 3.64. The highest BCUT2D eigenvalue weighted by molar-refractivity contribution is 9.10. The zero-order valence-electron chi connectivity index (χ0n) is 9.88. The van der Waals surface area contributed by atoms with Crippen LogP contribution in [0.1, 0.15) is 5.56 Å². The highest BCUT2D eigenvalue weighted by Crippen LogP contribution is 2.14. The zero-order chi connectivity index (χ0) is 12.4. The third kappa shape index (κ3) is 2.16. The summed E-state index contributed by atoms with van der Waals surface area (Å²) in [6.45, 7) is 0.878. The van der Waals surface area contributed by atoms with Crippen LogP contribution in [0.15, 0.2) is 71.3 Å². The van der Waals surface area contributed by atoms with E-state index in [1.54, 1.807) is 0 Å². The number of pyridine rings is 1. The lowest BCUT2D eigenvalue weighted by molar-refractivity contribution is -0.673. The van der Waals surface area contributed by atoms with Crippen LogP contribution in [0.2, 0.25) is 0 Å². The molecule has 0 bridgehead atoms. The van der Waals surface area contributed by atoms with Gasteiger partial charge in [0.15, 0.2) is 6.54 Å². The molecule has 0 saturated carbocycles. The van der Waals surface area contributed by atoms with Gasteiger partial charge in [-0.2, -0.15) is 4.57 Å². The molecule has 0 aliphatic carbocycles. The number of para-hydroxylation sites is 1. The number of benzene rings is 2. The Hall–Kier alpha value is -1.67. The Kier molecular flexibility index (Phi) is 3.11. The van der Waals surface area contributed by atoms with E-state index < -0.39 is 0 Å². The quantitative estimate of drug-likeness (QED) is 0.498. The fraction of sp³-hybridized carbons (Fsp3) is 0.0625. The van der Waals surface area contributed by atoms with Crippen molar-refractivity contribution >= 4 is 26.8 Å². The summed E-state index contributed by atoms with van der Waals surface area (Å²) in [5.74, 6) is 0.